The van der Waals surface area contributed by atoms with E-state index in [4.69, 9.17) is 19.4 Å². The number of hydrogen-bond acceptors (Lipinski definition) is 4. The Kier molecular flexibility index (Phi) is 7.80. The van der Waals surface area contributed by atoms with Crippen molar-refractivity contribution in [1.82, 2.24) is 24.1 Å². The van der Waals surface area contributed by atoms with Crippen molar-refractivity contribution in [1.29, 1.82) is 0 Å². The average Bonchev–Trinajstić information content (AvgIpc) is 4.01. The highest BCUT2D eigenvalue weighted by Gasteiger charge is 2.20. The lowest BCUT2D eigenvalue weighted by Crippen LogP contribution is -2.00. The van der Waals surface area contributed by atoms with Crippen molar-refractivity contribution in [3.8, 4) is 56.7 Å². The first-order valence-corrected chi connectivity index (χ1v) is 21.2. The summed E-state index contributed by atoms with van der Waals surface area (Å²) in [5, 5.41) is 6.93. The van der Waals surface area contributed by atoms with Crippen LogP contribution in [0.1, 0.15) is 0 Å². The van der Waals surface area contributed by atoms with Crippen molar-refractivity contribution in [2.75, 3.05) is 0 Å². The molecule has 0 saturated carbocycles. The molecule has 0 spiro atoms. The van der Waals surface area contributed by atoms with Crippen LogP contribution < -0.4 is 0 Å². The van der Waals surface area contributed by atoms with Crippen molar-refractivity contribution in [3.63, 3.8) is 0 Å². The molecule has 0 fully saturated rings. The molecule has 0 bridgehead atoms. The third-order valence-electron chi connectivity index (χ3n) is 12.4. The first-order valence-electron chi connectivity index (χ1n) is 21.2. The molecule has 0 atom stereocenters. The second-order valence-corrected chi connectivity index (χ2v) is 16.0. The van der Waals surface area contributed by atoms with Crippen LogP contribution in [-0.4, -0.2) is 24.1 Å². The van der Waals surface area contributed by atoms with Gasteiger partial charge in [-0.2, -0.15) is 0 Å². The molecule has 294 valence electrons. The molecule has 4 aromatic heterocycles. The van der Waals surface area contributed by atoms with Gasteiger partial charge in [-0.25, -0.2) is 15.0 Å². The zero-order valence-corrected chi connectivity index (χ0v) is 33.9. The lowest BCUT2D eigenvalue weighted by Gasteiger charge is -2.11. The van der Waals surface area contributed by atoms with Gasteiger partial charge in [-0.15, -0.1) is 0 Å². The van der Waals surface area contributed by atoms with Gasteiger partial charge in [0.1, 0.15) is 11.2 Å². The van der Waals surface area contributed by atoms with Crippen LogP contribution in [0.25, 0.3) is 122 Å². The Balaban J connectivity index is 0.949. The van der Waals surface area contributed by atoms with Crippen LogP contribution in [0.3, 0.4) is 0 Å². The summed E-state index contributed by atoms with van der Waals surface area (Å²) in [7, 11) is 0. The first kappa shape index (κ1) is 35.2. The molecule has 0 aliphatic rings. The van der Waals surface area contributed by atoms with E-state index in [0.717, 1.165) is 61.1 Å². The number of nitrogens with zero attached hydrogens (tertiary/aromatic N) is 5. The van der Waals surface area contributed by atoms with Gasteiger partial charge in [0.2, 0.25) is 0 Å². The third-order valence-corrected chi connectivity index (χ3v) is 12.4. The maximum atomic E-state index is 6.50. The second kappa shape index (κ2) is 14.0. The van der Waals surface area contributed by atoms with Crippen molar-refractivity contribution < 1.29 is 4.42 Å². The van der Waals surface area contributed by atoms with E-state index in [1.165, 1.54) is 43.6 Å². The van der Waals surface area contributed by atoms with E-state index in [9.17, 15) is 0 Å². The monoisotopic (exact) mass is 805 g/mol. The largest absolute Gasteiger partial charge is 0.456 e. The fraction of sp³-hybridized carbons (Fsp3) is 0. The lowest BCUT2D eigenvalue weighted by atomic mass is 10.00. The summed E-state index contributed by atoms with van der Waals surface area (Å²) in [5.41, 5.74) is 13.5. The Morgan fingerprint density at radius 2 is 0.825 bits per heavy atom. The second-order valence-electron chi connectivity index (χ2n) is 16.0. The Morgan fingerprint density at radius 3 is 1.44 bits per heavy atom. The Bertz CT molecular complexity index is 3830. The van der Waals surface area contributed by atoms with Gasteiger partial charge < -0.3 is 13.6 Å². The van der Waals surface area contributed by atoms with E-state index in [0.29, 0.717) is 17.5 Å². The van der Waals surface area contributed by atoms with E-state index in [1.807, 2.05) is 72.8 Å². The Morgan fingerprint density at radius 1 is 0.302 bits per heavy atom. The van der Waals surface area contributed by atoms with Gasteiger partial charge >= 0.3 is 0 Å². The predicted molar refractivity (Wildman–Crippen MR) is 258 cm³/mol. The zero-order chi connectivity index (χ0) is 41.4. The Hall–Kier alpha value is -8.61. The molecule has 6 nitrogen and oxygen atoms in total. The quantitative estimate of drug-likeness (QED) is 0.168. The van der Waals surface area contributed by atoms with Crippen molar-refractivity contribution in [3.05, 3.63) is 212 Å². The molecule has 0 saturated heterocycles. The van der Waals surface area contributed by atoms with E-state index in [2.05, 4.69) is 149 Å². The third kappa shape index (κ3) is 5.62. The predicted octanol–water partition coefficient (Wildman–Crippen LogP) is 14.6. The summed E-state index contributed by atoms with van der Waals surface area (Å²) < 4.78 is 11.3. The van der Waals surface area contributed by atoms with Crippen LogP contribution in [0.4, 0.5) is 0 Å². The normalized spacial score (nSPS) is 11.8. The minimum Gasteiger partial charge on any atom is -0.456 e. The van der Waals surface area contributed by atoms with Gasteiger partial charge in [0.05, 0.1) is 22.1 Å². The molecule has 9 aromatic carbocycles. The van der Waals surface area contributed by atoms with Crippen molar-refractivity contribution in [2.45, 2.75) is 0 Å². The number of furan rings is 1. The van der Waals surface area contributed by atoms with Crippen LogP contribution in [0.5, 0.6) is 0 Å². The fourth-order valence-electron chi connectivity index (χ4n) is 9.49. The molecular formula is C57H35N5O. The number of hydrogen-bond donors (Lipinski definition) is 0. The van der Waals surface area contributed by atoms with E-state index >= 15 is 0 Å². The zero-order valence-electron chi connectivity index (χ0n) is 33.9. The minimum absolute atomic E-state index is 0.596. The van der Waals surface area contributed by atoms with Gasteiger partial charge in [-0.05, 0) is 77.9 Å². The smallest absolute Gasteiger partial charge is 0.164 e. The molecule has 0 N–H and O–H groups in total. The summed E-state index contributed by atoms with van der Waals surface area (Å²) in [5.74, 6) is 1.84. The summed E-state index contributed by atoms with van der Waals surface area (Å²) in [6.07, 6.45) is 0. The molecule has 6 heteroatoms. The van der Waals surface area contributed by atoms with Crippen LogP contribution >= 0.6 is 0 Å². The van der Waals surface area contributed by atoms with Crippen molar-refractivity contribution >= 4 is 65.6 Å². The Labute approximate surface area is 361 Å². The molecule has 0 aliphatic carbocycles. The average molecular weight is 806 g/mol. The molecule has 13 aromatic rings. The molecule has 0 aliphatic heterocycles. The summed E-state index contributed by atoms with van der Waals surface area (Å²) in [4.78, 5) is 15.1. The summed E-state index contributed by atoms with van der Waals surface area (Å²) >= 11 is 0. The van der Waals surface area contributed by atoms with Gasteiger partial charge in [0.25, 0.3) is 0 Å². The number of benzene rings is 9. The first-order chi connectivity index (χ1) is 31.2. The highest BCUT2D eigenvalue weighted by atomic mass is 16.3. The van der Waals surface area contributed by atoms with Crippen LogP contribution in [0, 0.1) is 0 Å². The standard InChI is InChI=1S/C57H35N5O/c1-4-15-37(16-5-1)55-58-56(38-17-6-2-7-18-38)60-57(59-55)44-23-14-26-53-54(44)47-33-39(29-32-52(47)63-53)36-27-30-41(31-28-36)62-49-25-13-11-22-43(49)46-34-45-42-21-10-12-24-48(42)61(50(45)35-51(46)62)40-19-8-3-9-20-40/h1-35H. The summed E-state index contributed by atoms with van der Waals surface area (Å²) in [6.45, 7) is 0. The molecule has 63 heavy (non-hydrogen) atoms. The van der Waals surface area contributed by atoms with E-state index in [1.54, 1.807) is 0 Å². The molecular weight excluding hydrogens is 771 g/mol. The molecule has 0 amide bonds. The van der Waals surface area contributed by atoms with Gasteiger partial charge in [-0.1, -0.05) is 146 Å². The van der Waals surface area contributed by atoms with Crippen molar-refractivity contribution in [2.24, 2.45) is 0 Å². The topological polar surface area (TPSA) is 61.7 Å². The fourth-order valence-corrected chi connectivity index (χ4v) is 9.49. The number of para-hydroxylation sites is 3. The lowest BCUT2D eigenvalue weighted by molar-refractivity contribution is 0.669. The van der Waals surface area contributed by atoms with Crippen LogP contribution in [-0.2, 0) is 0 Å². The summed E-state index contributed by atoms with van der Waals surface area (Å²) in [6, 6.07) is 74.5. The maximum absolute atomic E-state index is 6.50. The number of rotatable bonds is 6. The molecule has 13 rings (SSSR count). The van der Waals surface area contributed by atoms with E-state index in [-0.39, 0.29) is 0 Å². The van der Waals surface area contributed by atoms with Crippen LogP contribution in [0.2, 0.25) is 0 Å². The van der Waals surface area contributed by atoms with E-state index < -0.39 is 0 Å². The highest BCUT2D eigenvalue weighted by molar-refractivity contribution is 6.19. The highest BCUT2D eigenvalue weighted by Crippen LogP contribution is 2.41. The number of aromatic nitrogens is 5. The van der Waals surface area contributed by atoms with Gasteiger partial charge in [-0.3, -0.25) is 0 Å². The van der Waals surface area contributed by atoms with Gasteiger partial charge in [0, 0.05) is 60.4 Å². The SMILES string of the molecule is c1ccc(-c2nc(-c3ccccc3)nc(-c3cccc4oc5ccc(-c6ccc(-n7c8ccccc8c8cc9c%10ccccc%10n(-c%10ccccc%10)c9cc87)cc6)cc5c34)n2)cc1. The minimum atomic E-state index is 0.596. The molecule has 4 heterocycles. The molecule has 0 unspecified atom stereocenters. The van der Waals surface area contributed by atoms with Crippen LogP contribution in [0.15, 0.2) is 217 Å². The number of fused-ring (bicyclic) bond motifs is 9. The maximum Gasteiger partial charge on any atom is 0.164 e. The van der Waals surface area contributed by atoms with Gasteiger partial charge in [0.15, 0.2) is 17.5 Å². The molecule has 0 radical (unpaired) electrons.